The lowest BCUT2D eigenvalue weighted by Gasteiger charge is -2.10. The van der Waals surface area contributed by atoms with E-state index in [2.05, 4.69) is 5.32 Å². The van der Waals surface area contributed by atoms with E-state index in [4.69, 9.17) is 5.11 Å². The molecule has 0 aliphatic carbocycles. The minimum Gasteiger partial charge on any atom is -0.508 e. The molecule has 0 amide bonds. The van der Waals surface area contributed by atoms with Crippen LogP contribution >= 0.6 is 0 Å². The number of nitrogens with one attached hydrogen (secondary N) is 1. The topological polar surface area (TPSA) is 32.3 Å². The third-order valence-electron chi connectivity index (χ3n) is 2.67. The molecule has 2 rings (SSSR count). The lowest BCUT2D eigenvalue weighted by atomic mass is 10.0. The van der Waals surface area contributed by atoms with Gasteiger partial charge in [-0.15, -0.1) is 0 Å². The van der Waals surface area contributed by atoms with Crippen molar-refractivity contribution in [1.82, 2.24) is 5.32 Å². The van der Waals surface area contributed by atoms with E-state index in [1.54, 1.807) is 6.07 Å². The van der Waals surface area contributed by atoms with Crippen LogP contribution in [0.4, 0.5) is 4.39 Å². The third kappa shape index (κ3) is 2.04. The van der Waals surface area contributed by atoms with E-state index in [0.29, 0.717) is 18.0 Å². The molecule has 1 aromatic rings. The number of phenols is 1. The van der Waals surface area contributed by atoms with Crippen molar-refractivity contribution in [2.45, 2.75) is 25.3 Å². The third-order valence-corrected chi connectivity index (χ3v) is 2.67. The summed E-state index contributed by atoms with van der Waals surface area (Å²) in [6.07, 6.45) is 3.00. The second kappa shape index (κ2) is 3.96. The molecular formula is C11H14FNO. The summed E-state index contributed by atoms with van der Waals surface area (Å²) in [5, 5.41) is 12.4. The van der Waals surface area contributed by atoms with Crippen LogP contribution in [0.3, 0.4) is 0 Å². The van der Waals surface area contributed by atoms with Crippen molar-refractivity contribution < 1.29 is 9.50 Å². The van der Waals surface area contributed by atoms with Gasteiger partial charge in [0.1, 0.15) is 11.6 Å². The summed E-state index contributed by atoms with van der Waals surface area (Å²) >= 11 is 0. The number of hydrogen-bond acceptors (Lipinski definition) is 2. The quantitative estimate of drug-likeness (QED) is 0.754. The van der Waals surface area contributed by atoms with Crippen LogP contribution < -0.4 is 5.32 Å². The molecule has 1 unspecified atom stereocenters. The molecule has 1 heterocycles. The van der Waals surface area contributed by atoms with Gasteiger partial charge in [0.15, 0.2) is 0 Å². The average Bonchev–Trinajstić information content (AvgIpc) is 2.62. The number of rotatable bonds is 2. The van der Waals surface area contributed by atoms with Crippen molar-refractivity contribution in [3.05, 3.63) is 29.6 Å². The maximum Gasteiger partial charge on any atom is 0.130 e. The number of hydrogen-bond donors (Lipinski definition) is 2. The van der Waals surface area contributed by atoms with Gasteiger partial charge in [0.2, 0.25) is 0 Å². The lowest BCUT2D eigenvalue weighted by molar-refractivity contribution is 0.466. The predicted molar refractivity (Wildman–Crippen MR) is 52.8 cm³/mol. The largest absolute Gasteiger partial charge is 0.508 e. The Balaban J connectivity index is 2.08. The summed E-state index contributed by atoms with van der Waals surface area (Å²) in [4.78, 5) is 0. The van der Waals surface area contributed by atoms with Gasteiger partial charge in [-0.1, -0.05) is 6.07 Å². The number of phenolic OH excluding ortho intramolecular Hbond substituents is 1. The van der Waals surface area contributed by atoms with Gasteiger partial charge < -0.3 is 10.4 Å². The SMILES string of the molecule is Oc1ccc(CC2CCCN2)c(F)c1. The molecule has 0 aromatic heterocycles. The van der Waals surface area contributed by atoms with Crippen molar-refractivity contribution in [3.63, 3.8) is 0 Å². The van der Waals surface area contributed by atoms with Gasteiger partial charge in [-0.05, 0) is 37.4 Å². The zero-order chi connectivity index (χ0) is 9.97. The Kier molecular flexibility index (Phi) is 2.68. The molecule has 1 aliphatic rings. The predicted octanol–water partition coefficient (Wildman–Crippen LogP) is 1.83. The fourth-order valence-electron chi connectivity index (χ4n) is 1.90. The van der Waals surface area contributed by atoms with Gasteiger partial charge in [-0.2, -0.15) is 0 Å². The van der Waals surface area contributed by atoms with Gasteiger partial charge in [-0.3, -0.25) is 0 Å². The monoisotopic (exact) mass is 195 g/mol. The normalized spacial score (nSPS) is 21.4. The van der Waals surface area contributed by atoms with Crippen LogP contribution in [0.25, 0.3) is 0 Å². The minimum atomic E-state index is -0.307. The highest BCUT2D eigenvalue weighted by molar-refractivity contribution is 5.28. The molecule has 0 saturated carbocycles. The van der Waals surface area contributed by atoms with Crippen LogP contribution in [-0.2, 0) is 6.42 Å². The number of benzene rings is 1. The van der Waals surface area contributed by atoms with Gasteiger partial charge in [-0.25, -0.2) is 4.39 Å². The summed E-state index contributed by atoms with van der Waals surface area (Å²) < 4.78 is 13.3. The van der Waals surface area contributed by atoms with Crippen LogP contribution in [0.5, 0.6) is 5.75 Å². The smallest absolute Gasteiger partial charge is 0.130 e. The number of halogens is 1. The molecule has 76 valence electrons. The molecule has 1 atom stereocenters. The van der Waals surface area contributed by atoms with E-state index in [9.17, 15) is 4.39 Å². The molecule has 2 N–H and O–H groups in total. The average molecular weight is 195 g/mol. The summed E-state index contributed by atoms with van der Waals surface area (Å²) in [6, 6.07) is 4.76. The molecule has 1 aromatic carbocycles. The Morgan fingerprint density at radius 1 is 1.50 bits per heavy atom. The molecule has 0 spiro atoms. The van der Waals surface area contributed by atoms with E-state index < -0.39 is 0 Å². The second-order valence-corrected chi connectivity index (χ2v) is 3.77. The first-order valence-corrected chi connectivity index (χ1v) is 4.96. The minimum absolute atomic E-state index is 0.00867. The van der Waals surface area contributed by atoms with Crippen LogP contribution in [0.2, 0.25) is 0 Å². The van der Waals surface area contributed by atoms with Crippen LogP contribution in [-0.4, -0.2) is 17.7 Å². The fraction of sp³-hybridized carbons (Fsp3) is 0.455. The van der Waals surface area contributed by atoms with Crippen molar-refractivity contribution in [1.29, 1.82) is 0 Å². The molecule has 1 fully saturated rings. The zero-order valence-corrected chi connectivity index (χ0v) is 7.96. The van der Waals surface area contributed by atoms with Gasteiger partial charge in [0, 0.05) is 12.1 Å². The molecule has 1 saturated heterocycles. The second-order valence-electron chi connectivity index (χ2n) is 3.77. The van der Waals surface area contributed by atoms with E-state index >= 15 is 0 Å². The van der Waals surface area contributed by atoms with Crippen LogP contribution in [0.1, 0.15) is 18.4 Å². The first-order chi connectivity index (χ1) is 6.75. The molecule has 0 radical (unpaired) electrons. The highest BCUT2D eigenvalue weighted by atomic mass is 19.1. The highest BCUT2D eigenvalue weighted by Gasteiger charge is 2.16. The molecule has 3 heteroatoms. The Bertz CT molecular complexity index is 321. The van der Waals surface area contributed by atoms with Gasteiger partial charge >= 0.3 is 0 Å². The van der Waals surface area contributed by atoms with Crippen LogP contribution in [0.15, 0.2) is 18.2 Å². The molecule has 1 aliphatic heterocycles. The van der Waals surface area contributed by atoms with E-state index in [-0.39, 0.29) is 11.6 Å². The highest BCUT2D eigenvalue weighted by Crippen LogP contribution is 2.18. The first kappa shape index (κ1) is 9.46. The maximum atomic E-state index is 13.3. The summed E-state index contributed by atoms with van der Waals surface area (Å²) in [7, 11) is 0. The molecular weight excluding hydrogens is 181 g/mol. The maximum absolute atomic E-state index is 13.3. The van der Waals surface area contributed by atoms with Gasteiger partial charge in [0.25, 0.3) is 0 Å². The van der Waals surface area contributed by atoms with Crippen molar-refractivity contribution in [2.24, 2.45) is 0 Å². The summed E-state index contributed by atoms with van der Waals surface area (Å²) in [5.41, 5.74) is 0.683. The summed E-state index contributed by atoms with van der Waals surface area (Å²) in [6.45, 7) is 1.03. The zero-order valence-electron chi connectivity index (χ0n) is 7.96. The summed E-state index contributed by atoms with van der Waals surface area (Å²) in [5.74, 6) is -0.315. The van der Waals surface area contributed by atoms with E-state index in [1.165, 1.54) is 18.6 Å². The fourth-order valence-corrected chi connectivity index (χ4v) is 1.90. The Morgan fingerprint density at radius 3 is 3.00 bits per heavy atom. The van der Waals surface area contributed by atoms with E-state index in [0.717, 1.165) is 13.0 Å². The van der Waals surface area contributed by atoms with Crippen molar-refractivity contribution in [3.8, 4) is 5.75 Å². The molecule has 0 bridgehead atoms. The first-order valence-electron chi connectivity index (χ1n) is 4.96. The van der Waals surface area contributed by atoms with E-state index in [1.807, 2.05) is 0 Å². The van der Waals surface area contributed by atoms with Crippen molar-refractivity contribution in [2.75, 3.05) is 6.54 Å². The van der Waals surface area contributed by atoms with Gasteiger partial charge in [0.05, 0.1) is 0 Å². The standard InChI is InChI=1S/C11H14FNO/c12-11-7-10(14)4-3-8(11)6-9-2-1-5-13-9/h3-4,7,9,13-14H,1-2,5-6H2. The van der Waals surface area contributed by atoms with Crippen molar-refractivity contribution >= 4 is 0 Å². The molecule has 2 nitrogen and oxygen atoms in total. The molecule has 14 heavy (non-hydrogen) atoms. The lowest BCUT2D eigenvalue weighted by Crippen LogP contribution is -2.24. The Morgan fingerprint density at radius 2 is 2.36 bits per heavy atom. The Labute approximate surface area is 82.8 Å². The van der Waals surface area contributed by atoms with Crippen LogP contribution in [0, 0.1) is 5.82 Å². The number of aromatic hydroxyl groups is 1. The Hall–Kier alpha value is -1.09.